The fourth-order valence-electron chi connectivity index (χ4n) is 9.00. The number of oxime groups is 1. The average Bonchev–Trinajstić information content (AvgIpc) is 3.18. The Morgan fingerprint density at radius 1 is 0.337 bits per heavy atom. The molecule has 29 heteroatoms. The number of hydrogen-bond donors (Lipinski definition) is 0. The third-order valence-corrected chi connectivity index (χ3v) is 22.9. The third-order valence-electron chi connectivity index (χ3n) is 11.3. The zero-order valence-corrected chi connectivity index (χ0v) is 71.8. The molecule has 2 aliphatic heterocycles. The minimum Gasteiger partial charge on any atom is -0.456 e. The fourth-order valence-corrected chi connectivity index (χ4v) is 20.1. The predicted octanol–water partition coefficient (Wildman–Crippen LogP) is 14.4. The average molecular weight is 1390 g/mol. The molecule has 0 bridgehead atoms. The van der Waals surface area contributed by atoms with Gasteiger partial charge in [-0.3, -0.25) is 0 Å². The molecule has 2 saturated heterocycles. The monoisotopic (exact) mass is 1380 g/mol. The molecular weight excluding hydrogens is 1260 g/mol. The first kappa shape index (κ1) is 80.6. The zero-order valence-electron chi connectivity index (χ0n) is 59.8. The highest BCUT2D eigenvalue weighted by Gasteiger charge is 2.58. The molecule has 2 aliphatic rings. The van der Waals surface area contributed by atoms with Crippen LogP contribution in [-0.4, -0.2) is 212 Å². The summed E-state index contributed by atoms with van der Waals surface area (Å²) in [7, 11) is -27.8. The van der Waals surface area contributed by atoms with Crippen LogP contribution in [-0.2, 0) is 72.2 Å². The van der Waals surface area contributed by atoms with E-state index in [9.17, 15) is 0 Å². The van der Waals surface area contributed by atoms with Gasteiger partial charge in [-0.2, -0.15) is 0 Å². The Morgan fingerprint density at radius 3 is 1.04 bits per heavy atom. The topological polar surface area (TPSA) is 160 Å². The molecule has 0 saturated carbocycles. The molecule has 2 heterocycles. The van der Waals surface area contributed by atoms with Crippen LogP contribution in [0.4, 0.5) is 0 Å². The maximum atomic E-state index is 7.89. The second-order valence-electron chi connectivity index (χ2n) is 34.6. The van der Waals surface area contributed by atoms with Crippen LogP contribution in [0, 0.1) is 0 Å². The molecule has 2 fully saturated rings. The van der Waals surface area contributed by atoms with Gasteiger partial charge in [-0.05, 0) is 236 Å². The molecule has 0 aromatic heterocycles. The van der Waals surface area contributed by atoms with E-state index in [1.165, 1.54) is 0 Å². The zero-order chi connectivity index (χ0) is 64.9. The van der Waals surface area contributed by atoms with E-state index >= 15 is 0 Å². The van der Waals surface area contributed by atoms with Gasteiger partial charge in [0.1, 0.15) is 61.0 Å². The molecule has 0 amide bonds. The molecule has 0 unspecified atom stereocenters. The Hall–Kier alpha value is 1.47. The standard InChI is InChI=1S/C54H129NO16Si12/c1-72(2,3)56-38-42-46(65-77(16,17)18)49(62-54-52(70-82(31,32)33)50(68-80(25,26)27)47(66-78(19,20)21)43(61-54)39-57-73(4,5)6)51(69-81(28,29)30)53(60-42)59-41(37-55-71-83(34,35)36)45(64-76(13,14)15)48(67-79(22,23)24)44(63-75(10,11)12)40-58-74(7,8)9/h37,41-54H,38-40H2,1-36H3/b55-37+/t41-,42+,43+,44+,45+,46+,47+,48-,49-,50-,51+,52+,53-,54+/m1/s1. The van der Waals surface area contributed by atoms with Crippen LogP contribution in [0.15, 0.2) is 5.16 Å². The van der Waals surface area contributed by atoms with Gasteiger partial charge < -0.3 is 72.2 Å². The highest BCUT2D eigenvalue weighted by atomic mass is 28.4. The lowest BCUT2D eigenvalue weighted by atomic mass is 9.96. The Bertz CT molecular complexity index is 1960. The van der Waals surface area contributed by atoms with Crippen molar-refractivity contribution in [1.82, 2.24) is 0 Å². The smallest absolute Gasteiger partial charge is 0.278 e. The van der Waals surface area contributed by atoms with E-state index in [2.05, 4.69) is 236 Å². The van der Waals surface area contributed by atoms with Crippen LogP contribution in [0.2, 0.25) is 236 Å². The first-order chi connectivity index (χ1) is 36.6. The minimum absolute atomic E-state index is 0.207. The molecule has 83 heavy (non-hydrogen) atoms. The second-order valence-corrected chi connectivity index (χ2v) is 88.3. The molecule has 0 aromatic carbocycles. The van der Waals surface area contributed by atoms with Crippen LogP contribution < -0.4 is 0 Å². The summed E-state index contributed by atoms with van der Waals surface area (Å²) in [6, 6.07) is 0. The molecule has 0 aliphatic carbocycles. The summed E-state index contributed by atoms with van der Waals surface area (Å²) in [5.41, 5.74) is 0. The van der Waals surface area contributed by atoms with E-state index in [-0.39, 0.29) is 13.2 Å². The van der Waals surface area contributed by atoms with Crippen molar-refractivity contribution < 1.29 is 72.2 Å². The molecule has 0 radical (unpaired) electrons. The third kappa shape index (κ3) is 34.6. The van der Waals surface area contributed by atoms with Crippen molar-refractivity contribution in [3.8, 4) is 0 Å². The Kier molecular flexibility index (Phi) is 29.6. The minimum atomic E-state index is -2.58. The molecule has 494 valence electrons. The van der Waals surface area contributed by atoms with E-state index in [0.717, 1.165) is 0 Å². The Morgan fingerprint density at radius 2 is 0.675 bits per heavy atom. The van der Waals surface area contributed by atoms with Gasteiger partial charge >= 0.3 is 0 Å². The molecule has 0 aromatic rings. The lowest BCUT2D eigenvalue weighted by molar-refractivity contribution is -0.355. The van der Waals surface area contributed by atoms with E-state index in [0.29, 0.717) is 6.61 Å². The Balaban J connectivity index is 3.39. The summed E-state index contributed by atoms with van der Waals surface area (Å²) in [6.45, 7) is 79.7. The summed E-state index contributed by atoms with van der Waals surface area (Å²) in [5.74, 6) is 0. The summed E-state index contributed by atoms with van der Waals surface area (Å²) >= 11 is 0. The van der Waals surface area contributed by atoms with Crippen LogP contribution in [0.3, 0.4) is 0 Å². The lowest BCUT2D eigenvalue weighted by Gasteiger charge is -2.54. The molecule has 2 rings (SSSR count). The van der Waals surface area contributed by atoms with Crippen LogP contribution in [0.25, 0.3) is 0 Å². The first-order valence-corrected chi connectivity index (χ1v) is 71.7. The molecule has 17 nitrogen and oxygen atoms in total. The predicted molar refractivity (Wildman–Crippen MR) is 374 cm³/mol. The van der Waals surface area contributed by atoms with E-state index in [4.69, 9.17) is 77.3 Å². The van der Waals surface area contributed by atoms with Crippen LogP contribution in [0.5, 0.6) is 0 Å². The normalized spacial score (nSPS) is 27.2. The van der Waals surface area contributed by atoms with Crippen molar-refractivity contribution in [2.45, 2.75) is 322 Å². The number of hydrogen-bond acceptors (Lipinski definition) is 17. The van der Waals surface area contributed by atoms with Crippen molar-refractivity contribution in [2.24, 2.45) is 5.16 Å². The molecule has 14 atom stereocenters. The van der Waals surface area contributed by atoms with Crippen molar-refractivity contribution in [1.29, 1.82) is 0 Å². The maximum absolute atomic E-state index is 7.89. The van der Waals surface area contributed by atoms with E-state index in [1.54, 1.807) is 6.21 Å². The van der Waals surface area contributed by atoms with Crippen LogP contribution in [0.1, 0.15) is 0 Å². The first-order valence-electron chi connectivity index (χ1n) is 30.8. The van der Waals surface area contributed by atoms with Crippen LogP contribution >= 0.6 is 0 Å². The van der Waals surface area contributed by atoms with Gasteiger partial charge in [-0.15, -0.1) is 5.16 Å². The van der Waals surface area contributed by atoms with Gasteiger partial charge in [-0.1, -0.05) is 0 Å². The highest BCUT2D eigenvalue weighted by Crippen LogP contribution is 2.41. The van der Waals surface area contributed by atoms with E-state index in [1.807, 2.05) is 0 Å². The van der Waals surface area contributed by atoms with Gasteiger partial charge in [0.2, 0.25) is 0 Å². The molecule has 0 spiro atoms. The maximum Gasteiger partial charge on any atom is 0.278 e. The SMILES string of the molecule is C[Si](C)(C)OC[C@@H]1O[C@@H](O[C@H](/C=N/O[Si](C)(C)C)[C@H](O[Si](C)(C)C)[C@H](O[Si](C)(C)C)[C@H](CO[Si](C)(C)C)O[Si](C)(C)C)[C@@H](O[Si](C)(C)C)[C@H](O[C@@H]2O[C@@H](CO[Si](C)(C)C)[C@H](O[Si](C)(C)C)[C@@H](O[Si](C)(C)C)[C@@H]2O[Si](C)(C)C)[C@H]1O[Si](C)(C)C. The lowest BCUT2D eigenvalue weighted by Crippen LogP contribution is -2.70. The summed E-state index contributed by atoms with van der Waals surface area (Å²) in [5, 5.41) is 4.81. The van der Waals surface area contributed by atoms with Gasteiger partial charge in [0.15, 0.2) is 104 Å². The summed E-state index contributed by atoms with van der Waals surface area (Å²) < 4.78 is 117. The van der Waals surface area contributed by atoms with Crippen molar-refractivity contribution in [3.05, 3.63) is 0 Å². The molecule has 0 N–H and O–H groups in total. The summed E-state index contributed by atoms with van der Waals surface area (Å²) in [4.78, 5) is 0. The summed E-state index contributed by atoms with van der Waals surface area (Å²) in [6.07, 6.45) is -8.87. The number of nitrogens with zero attached hydrogens (tertiary/aromatic N) is 1. The van der Waals surface area contributed by atoms with E-state index < -0.39 is 186 Å². The largest absolute Gasteiger partial charge is 0.456 e. The second kappa shape index (κ2) is 30.5. The quantitative estimate of drug-likeness (QED) is 0.0335. The van der Waals surface area contributed by atoms with Gasteiger partial charge in [0.05, 0.1) is 38.2 Å². The van der Waals surface area contributed by atoms with Gasteiger partial charge in [0, 0.05) is 0 Å². The highest BCUT2D eigenvalue weighted by molar-refractivity contribution is 6.73. The number of rotatable bonds is 35. The fraction of sp³-hybridized carbons (Fsp3) is 0.981. The Labute approximate surface area is 521 Å². The van der Waals surface area contributed by atoms with Crippen molar-refractivity contribution in [3.63, 3.8) is 0 Å². The number of ether oxygens (including phenoxy) is 4. The molecular formula is C54H129NO16Si12. The van der Waals surface area contributed by atoms with Gasteiger partial charge in [-0.25, -0.2) is 0 Å². The van der Waals surface area contributed by atoms with Crippen molar-refractivity contribution >= 4 is 106 Å². The van der Waals surface area contributed by atoms with Crippen molar-refractivity contribution in [2.75, 3.05) is 19.8 Å². The van der Waals surface area contributed by atoms with Gasteiger partial charge in [0.25, 0.3) is 8.32 Å².